The number of ether oxygens (including phenoxy) is 1. The first-order chi connectivity index (χ1) is 7.16. The predicted octanol–water partition coefficient (Wildman–Crippen LogP) is 0.654. The van der Waals surface area contributed by atoms with E-state index in [1.54, 1.807) is 0 Å². The molecule has 5 nitrogen and oxygen atoms in total. The molecule has 0 bridgehead atoms. The molecule has 0 aliphatic heterocycles. The van der Waals surface area contributed by atoms with Crippen LogP contribution in [0.1, 0.15) is 17.0 Å². The van der Waals surface area contributed by atoms with E-state index in [4.69, 9.17) is 4.74 Å². The third-order valence-electron chi connectivity index (χ3n) is 1.68. The minimum absolute atomic E-state index is 0.166. The first kappa shape index (κ1) is 11.6. The van der Waals surface area contributed by atoms with E-state index in [2.05, 4.69) is 10.4 Å². The second-order valence-corrected chi connectivity index (χ2v) is 2.69. The van der Waals surface area contributed by atoms with E-state index in [-0.39, 0.29) is 12.2 Å². The van der Waals surface area contributed by atoms with Crippen molar-refractivity contribution in [3.8, 4) is 0 Å². The standard InChI is InChI=1S/C8H11F2N3O2/c1-15-5-4-11-7(14)6-2-3-12-13(6)8(9)10/h2-3,8H,4-5H2,1H3,(H,11,14). The van der Waals surface area contributed by atoms with Gasteiger partial charge >= 0.3 is 6.55 Å². The van der Waals surface area contributed by atoms with E-state index in [1.807, 2.05) is 0 Å². The van der Waals surface area contributed by atoms with Crippen LogP contribution in [0.25, 0.3) is 0 Å². The summed E-state index contributed by atoms with van der Waals surface area (Å²) in [5.41, 5.74) is -0.166. The summed E-state index contributed by atoms with van der Waals surface area (Å²) < 4.78 is 29.7. The van der Waals surface area contributed by atoms with Gasteiger partial charge in [-0.1, -0.05) is 0 Å². The van der Waals surface area contributed by atoms with Gasteiger partial charge in [0, 0.05) is 19.9 Å². The fraction of sp³-hybridized carbons (Fsp3) is 0.500. The summed E-state index contributed by atoms with van der Waals surface area (Å²) in [6, 6.07) is 1.23. The van der Waals surface area contributed by atoms with E-state index in [9.17, 15) is 13.6 Å². The van der Waals surface area contributed by atoms with Crippen molar-refractivity contribution < 1.29 is 18.3 Å². The SMILES string of the molecule is COCCNC(=O)c1ccnn1C(F)F. The molecule has 7 heteroatoms. The van der Waals surface area contributed by atoms with Crippen LogP contribution >= 0.6 is 0 Å². The van der Waals surface area contributed by atoms with Gasteiger partial charge in [-0.25, -0.2) is 0 Å². The number of carbonyl (C=O) groups excluding carboxylic acids is 1. The van der Waals surface area contributed by atoms with Gasteiger partial charge in [0.25, 0.3) is 5.91 Å². The zero-order valence-corrected chi connectivity index (χ0v) is 8.11. The molecule has 0 fully saturated rings. The summed E-state index contributed by atoms with van der Waals surface area (Å²) in [6.07, 6.45) is 1.15. The summed E-state index contributed by atoms with van der Waals surface area (Å²) >= 11 is 0. The topological polar surface area (TPSA) is 56.1 Å². The molecule has 1 aromatic rings. The van der Waals surface area contributed by atoms with Crippen LogP contribution in [0.5, 0.6) is 0 Å². The second-order valence-electron chi connectivity index (χ2n) is 2.69. The zero-order valence-electron chi connectivity index (χ0n) is 8.11. The fourth-order valence-electron chi connectivity index (χ4n) is 1.01. The number of nitrogens with one attached hydrogen (secondary N) is 1. The van der Waals surface area contributed by atoms with Crippen LogP contribution in [-0.2, 0) is 4.74 Å². The van der Waals surface area contributed by atoms with Gasteiger partial charge in [-0.05, 0) is 6.07 Å². The van der Waals surface area contributed by atoms with E-state index in [0.29, 0.717) is 11.3 Å². The monoisotopic (exact) mass is 219 g/mol. The molecule has 0 saturated carbocycles. The molecule has 0 aliphatic carbocycles. The van der Waals surface area contributed by atoms with Crippen molar-refractivity contribution in [3.63, 3.8) is 0 Å². The molecule has 0 saturated heterocycles. The number of nitrogens with zero attached hydrogens (tertiary/aromatic N) is 2. The maximum absolute atomic E-state index is 12.3. The molecule has 1 rings (SSSR count). The van der Waals surface area contributed by atoms with Gasteiger partial charge in [-0.3, -0.25) is 4.79 Å². The van der Waals surface area contributed by atoms with Gasteiger partial charge in [0.1, 0.15) is 5.69 Å². The number of aromatic nitrogens is 2. The Morgan fingerprint density at radius 2 is 2.47 bits per heavy atom. The average Bonchev–Trinajstić information content (AvgIpc) is 2.66. The van der Waals surface area contributed by atoms with Crippen LogP contribution in [0.15, 0.2) is 12.3 Å². The summed E-state index contributed by atoms with van der Waals surface area (Å²) in [6.45, 7) is -2.22. The van der Waals surface area contributed by atoms with Crippen LogP contribution in [0.3, 0.4) is 0 Å². The lowest BCUT2D eigenvalue weighted by Gasteiger charge is -2.06. The number of halogens is 2. The molecule has 1 N–H and O–H groups in total. The van der Waals surface area contributed by atoms with Crippen molar-refractivity contribution in [2.45, 2.75) is 6.55 Å². The predicted molar refractivity (Wildman–Crippen MR) is 47.7 cm³/mol. The molecule has 0 aromatic carbocycles. The molecule has 0 aliphatic rings. The van der Waals surface area contributed by atoms with Gasteiger partial charge in [-0.2, -0.15) is 18.6 Å². The van der Waals surface area contributed by atoms with Gasteiger partial charge < -0.3 is 10.1 Å². The van der Waals surface area contributed by atoms with E-state index < -0.39 is 12.5 Å². The Hall–Kier alpha value is -1.50. The highest BCUT2D eigenvalue weighted by atomic mass is 19.3. The summed E-state index contributed by atoms with van der Waals surface area (Å²) in [5, 5.41) is 5.76. The minimum Gasteiger partial charge on any atom is -0.383 e. The van der Waals surface area contributed by atoms with Crippen molar-refractivity contribution >= 4 is 5.91 Å². The molecule has 0 radical (unpaired) electrons. The highest BCUT2D eigenvalue weighted by Gasteiger charge is 2.16. The largest absolute Gasteiger partial charge is 0.383 e. The van der Waals surface area contributed by atoms with Crippen molar-refractivity contribution in [3.05, 3.63) is 18.0 Å². The van der Waals surface area contributed by atoms with E-state index in [0.717, 1.165) is 6.20 Å². The normalized spacial score (nSPS) is 10.7. The van der Waals surface area contributed by atoms with Crippen molar-refractivity contribution in [2.24, 2.45) is 0 Å². The molecule has 0 unspecified atom stereocenters. The average molecular weight is 219 g/mol. The van der Waals surface area contributed by atoms with Crippen LogP contribution in [0.2, 0.25) is 0 Å². The quantitative estimate of drug-likeness (QED) is 0.740. The Kier molecular flexibility index (Phi) is 4.17. The Balaban J connectivity index is 2.61. The van der Waals surface area contributed by atoms with Crippen LogP contribution in [0.4, 0.5) is 8.78 Å². The maximum atomic E-state index is 12.3. The van der Waals surface area contributed by atoms with Gasteiger partial charge in [0.15, 0.2) is 0 Å². The summed E-state index contributed by atoms with van der Waals surface area (Å²) in [7, 11) is 1.48. The first-order valence-corrected chi connectivity index (χ1v) is 4.25. The first-order valence-electron chi connectivity index (χ1n) is 4.25. The van der Waals surface area contributed by atoms with Crippen LogP contribution < -0.4 is 5.32 Å². The number of hydrogen-bond acceptors (Lipinski definition) is 3. The molecule has 0 atom stereocenters. The fourth-order valence-corrected chi connectivity index (χ4v) is 1.01. The number of amides is 1. The zero-order chi connectivity index (χ0) is 11.3. The number of rotatable bonds is 5. The lowest BCUT2D eigenvalue weighted by atomic mass is 10.4. The Morgan fingerprint density at radius 1 is 1.73 bits per heavy atom. The third kappa shape index (κ3) is 2.98. The summed E-state index contributed by atoms with van der Waals surface area (Å²) in [5.74, 6) is -0.593. The molecular formula is C8H11F2N3O2. The van der Waals surface area contributed by atoms with Crippen molar-refractivity contribution in [1.82, 2.24) is 15.1 Å². The van der Waals surface area contributed by atoms with Crippen LogP contribution in [0, 0.1) is 0 Å². The highest BCUT2D eigenvalue weighted by Crippen LogP contribution is 2.11. The smallest absolute Gasteiger partial charge is 0.333 e. The lowest BCUT2D eigenvalue weighted by molar-refractivity contribution is 0.0508. The molecule has 1 aromatic heterocycles. The van der Waals surface area contributed by atoms with E-state index in [1.165, 1.54) is 13.2 Å². The highest BCUT2D eigenvalue weighted by molar-refractivity contribution is 5.92. The molecule has 1 heterocycles. The van der Waals surface area contributed by atoms with Crippen molar-refractivity contribution in [2.75, 3.05) is 20.3 Å². The molecule has 0 spiro atoms. The Bertz CT molecular complexity index is 327. The third-order valence-corrected chi connectivity index (χ3v) is 1.68. The lowest BCUT2D eigenvalue weighted by Crippen LogP contribution is -2.29. The van der Waals surface area contributed by atoms with Gasteiger partial charge in [0.2, 0.25) is 0 Å². The maximum Gasteiger partial charge on any atom is 0.333 e. The number of alkyl halides is 2. The number of carbonyl (C=O) groups is 1. The molecular weight excluding hydrogens is 208 g/mol. The van der Waals surface area contributed by atoms with Gasteiger partial charge in [0.05, 0.1) is 6.61 Å². The molecule has 15 heavy (non-hydrogen) atoms. The van der Waals surface area contributed by atoms with E-state index >= 15 is 0 Å². The Morgan fingerprint density at radius 3 is 3.07 bits per heavy atom. The van der Waals surface area contributed by atoms with Gasteiger partial charge in [-0.15, -0.1) is 0 Å². The molecule has 84 valence electrons. The summed E-state index contributed by atoms with van der Waals surface area (Å²) in [4.78, 5) is 11.3. The van der Waals surface area contributed by atoms with Crippen molar-refractivity contribution in [1.29, 1.82) is 0 Å². The second kappa shape index (κ2) is 5.40. The van der Waals surface area contributed by atoms with Crippen LogP contribution in [-0.4, -0.2) is 35.9 Å². The molecule has 1 amide bonds. The minimum atomic E-state index is -2.82. The number of methoxy groups -OCH3 is 1. The Labute approximate surface area is 85.0 Å². The number of hydrogen-bond donors (Lipinski definition) is 1.